The smallest absolute Gasteiger partial charge is 0.317 e. The number of hydrogen-bond donors (Lipinski definition) is 0. The second kappa shape index (κ2) is 5.69. The summed E-state index contributed by atoms with van der Waals surface area (Å²) in [6.45, 7) is 3.65. The van der Waals surface area contributed by atoms with Crippen LogP contribution in [0.3, 0.4) is 0 Å². The average Bonchev–Trinajstić information content (AvgIpc) is 3.34. The highest BCUT2D eigenvalue weighted by Crippen LogP contribution is 2.49. The third-order valence-electron chi connectivity index (χ3n) is 4.88. The van der Waals surface area contributed by atoms with Crippen molar-refractivity contribution in [3.8, 4) is 0 Å². The standard InChI is InChI=1S/C19H21NO3/c1-13-11-16(14(2)20(13)3)17(21)12-23-18(22)19(9-10-19)15-7-5-4-6-8-15/h4-8,11H,9-10,12H2,1-3H3. The molecule has 0 amide bonds. The molecule has 0 unspecified atom stereocenters. The lowest BCUT2D eigenvalue weighted by molar-refractivity contribution is -0.145. The van der Waals surface area contributed by atoms with E-state index in [1.54, 1.807) is 0 Å². The molecule has 1 aromatic heterocycles. The molecule has 4 nitrogen and oxygen atoms in total. The van der Waals surface area contributed by atoms with E-state index in [2.05, 4.69) is 0 Å². The number of Topliss-reactive ketones (excluding diaryl/α,β-unsaturated/α-hetero) is 1. The average molecular weight is 311 g/mol. The number of ether oxygens (including phenoxy) is 1. The first-order chi connectivity index (χ1) is 11.0. The Morgan fingerprint density at radius 3 is 2.35 bits per heavy atom. The van der Waals surface area contributed by atoms with E-state index in [-0.39, 0.29) is 18.4 Å². The molecule has 1 saturated carbocycles. The van der Waals surface area contributed by atoms with Gasteiger partial charge in [0.1, 0.15) is 0 Å². The fraction of sp³-hybridized carbons (Fsp3) is 0.368. The summed E-state index contributed by atoms with van der Waals surface area (Å²) in [5.74, 6) is -0.439. The Kier molecular flexibility index (Phi) is 3.84. The van der Waals surface area contributed by atoms with Crippen molar-refractivity contribution in [2.75, 3.05) is 6.61 Å². The molecule has 0 radical (unpaired) electrons. The van der Waals surface area contributed by atoms with Gasteiger partial charge in [0, 0.05) is 24.0 Å². The first kappa shape index (κ1) is 15.5. The van der Waals surface area contributed by atoms with Crippen LogP contribution >= 0.6 is 0 Å². The number of aromatic nitrogens is 1. The normalized spacial score (nSPS) is 15.3. The van der Waals surface area contributed by atoms with Crippen molar-refractivity contribution >= 4 is 11.8 Å². The molecule has 1 aliphatic carbocycles. The molecule has 23 heavy (non-hydrogen) atoms. The maximum Gasteiger partial charge on any atom is 0.317 e. The molecule has 0 bridgehead atoms. The highest BCUT2D eigenvalue weighted by Gasteiger charge is 2.52. The molecule has 0 atom stereocenters. The fourth-order valence-corrected chi connectivity index (χ4v) is 2.98. The summed E-state index contributed by atoms with van der Waals surface area (Å²) >= 11 is 0. The number of rotatable bonds is 5. The monoisotopic (exact) mass is 311 g/mol. The van der Waals surface area contributed by atoms with Crippen LogP contribution in [-0.4, -0.2) is 22.9 Å². The highest BCUT2D eigenvalue weighted by molar-refractivity contribution is 6.00. The number of ketones is 1. The minimum absolute atomic E-state index is 0.150. The van der Waals surface area contributed by atoms with Crippen LogP contribution < -0.4 is 0 Å². The van der Waals surface area contributed by atoms with Crippen LogP contribution in [0, 0.1) is 13.8 Å². The quantitative estimate of drug-likeness (QED) is 0.630. The minimum atomic E-state index is -0.539. The molecule has 4 heteroatoms. The van der Waals surface area contributed by atoms with Gasteiger partial charge in [-0.15, -0.1) is 0 Å². The van der Waals surface area contributed by atoms with Gasteiger partial charge in [0.2, 0.25) is 5.78 Å². The van der Waals surface area contributed by atoms with E-state index in [0.717, 1.165) is 29.8 Å². The van der Waals surface area contributed by atoms with Crippen molar-refractivity contribution in [1.29, 1.82) is 0 Å². The fourth-order valence-electron chi connectivity index (χ4n) is 2.98. The van der Waals surface area contributed by atoms with E-state index >= 15 is 0 Å². The first-order valence-corrected chi connectivity index (χ1v) is 7.84. The van der Waals surface area contributed by atoms with E-state index in [9.17, 15) is 9.59 Å². The largest absolute Gasteiger partial charge is 0.457 e. The molecule has 0 N–H and O–H groups in total. The van der Waals surface area contributed by atoms with Gasteiger partial charge in [-0.2, -0.15) is 0 Å². The van der Waals surface area contributed by atoms with Crippen molar-refractivity contribution in [3.63, 3.8) is 0 Å². The number of aryl methyl sites for hydroxylation is 1. The lowest BCUT2D eigenvalue weighted by Crippen LogP contribution is -2.26. The number of carbonyl (C=O) groups is 2. The zero-order chi connectivity index (χ0) is 16.6. The van der Waals surface area contributed by atoms with Gasteiger partial charge in [-0.25, -0.2) is 0 Å². The van der Waals surface area contributed by atoms with Crippen molar-refractivity contribution in [2.24, 2.45) is 7.05 Å². The second-order valence-corrected chi connectivity index (χ2v) is 6.29. The molecule has 1 aliphatic rings. The maximum absolute atomic E-state index is 12.4. The Morgan fingerprint density at radius 1 is 1.17 bits per heavy atom. The molecule has 3 rings (SSSR count). The molecule has 2 aromatic rings. The Hall–Kier alpha value is -2.36. The Morgan fingerprint density at radius 2 is 1.83 bits per heavy atom. The predicted octanol–water partition coefficient (Wildman–Crippen LogP) is 3.10. The highest BCUT2D eigenvalue weighted by atomic mass is 16.5. The molecule has 1 aromatic carbocycles. The van der Waals surface area contributed by atoms with Gasteiger partial charge in [-0.3, -0.25) is 9.59 Å². The van der Waals surface area contributed by atoms with E-state index in [4.69, 9.17) is 4.74 Å². The molecule has 0 aliphatic heterocycles. The molecule has 1 fully saturated rings. The zero-order valence-electron chi connectivity index (χ0n) is 13.8. The first-order valence-electron chi connectivity index (χ1n) is 7.84. The van der Waals surface area contributed by atoms with E-state index < -0.39 is 5.41 Å². The molecule has 0 spiro atoms. The van der Waals surface area contributed by atoms with Gasteiger partial charge in [0.25, 0.3) is 0 Å². The van der Waals surface area contributed by atoms with Crippen molar-refractivity contribution in [1.82, 2.24) is 4.57 Å². The summed E-state index contributed by atoms with van der Waals surface area (Å²) in [5, 5.41) is 0. The summed E-state index contributed by atoms with van der Waals surface area (Å²) in [4.78, 5) is 24.8. The number of esters is 1. The van der Waals surface area contributed by atoms with Gasteiger partial charge in [-0.05, 0) is 38.3 Å². The summed E-state index contributed by atoms with van der Waals surface area (Å²) in [6.07, 6.45) is 1.57. The lowest BCUT2D eigenvalue weighted by Gasteiger charge is -2.14. The third kappa shape index (κ3) is 2.69. The van der Waals surface area contributed by atoms with Crippen molar-refractivity contribution < 1.29 is 14.3 Å². The molecular weight excluding hydrogens is 290 g/mol. The van der Waals surface area contributed by atoms with Gasteiger partial charge in [0.15, 0.2) is 6.61 Å². The number of nitrogens with zero attached hydrogens (tertiary/aromatic N) is 1. The van der Waals surface area contributed by atoms with Crippen LogP contribution in [0.25, 0.3) is 0 Å². The third-order valence-corrected chi connectivity index (χ3v) is 4.88. The van der Waals surface area contributed by atoms with Crippen LogP contribution in [0.1, 0.15) is 40.2 Å². The number of benzene rings is 1. The van der Waals surface area contributed by atoms with Crippen LogP contribution in [-0.2, 0) is 22.0 Å². The molecular formula is C19H21NO3. The minimum Gasteiger partial charge on any atom is -0.457 e. The van der Waals surface area contributed by atoms with Crippen LogP contribution in [0.5, 0.6) is 0 Å². The molecule has 0 saturated heterocycles. The SMILES string of the molecule is Cc1cc(C(=O)COC(=O)C2(c3ccccc3)CC2)c(C)n1C. The number of hydrogen-bond acceptors (Lipinski definition) is 3. The Labute approximate surface area is 136 Å². The van der Waals surface area contributed by atoms with Gasteiger partial charge < -0.3 is 9.30 Å². The van der Waals surface area contributed by atoms with E-state index in [1.807, 2.05) is 61.9 Å². The van der Waals surface area contributed by atoms with Crippen molar-refractivity contribution in [3.05, 3.63) is 58.9 Å². The predicted molar refractivity (Wildman–Crippen MR) is 87.5 cm³/mol. The second-order valence-electron chi connectivity index (χ2n) is 6.29. The lowest BCUT2D eigenvalue weighted by atomic mass is 9.96. The summed E-state index contributed by atoms with van der Waals surface area (Å²) in [6, 6.07) is 11.5. The Balaban J connectivity index is 1.68. The van der Waals surface area contributed by atoms with Gasteiger partial charge in [0.05, 0.1) is 5.41 Å². The topological polar surface area (TPSA) is 48.3 Å². The Bertz CT molecular complexity index is 754. The van der Waals surface area contributed by atoms with E-state index in [1.165, 1.54) is 0 Å². The van der Waals surface area contributed by atoms with Crippen molar-refractivity contribution in [2.45, 2.75) is 32.1 Å². The van der Waals surface area contributed by atoms with Crippen LogP contribution in [0.4, 0.5) is 0 Å². The number of carbonyl (C=O) groups excluding carboxylic acids is 2. The van der Waals surface area contributed by atoms with Gasteiger partial charge in [-0.1, -0.05) is 30.3 Å². The summed E-state index contributed by atoms with van der Waals surface area (Å²) < 4.78 is 7.31. The maximum atomic E-state index is 12.4. The zero-order valence-corrected chi connectivity index (χ0v) is 13.8. The summed E-state index contributed by atoms with van der Waals surface area (Å²) in [5.41, 5.74) is 2.97. The molecule has 1 heterocycles. The van der Waals surface area contributed by atoms with Crippen LogP contribution in [0.2, 0.25) is 0 Å². The van der Waals surface area contributed by atoms with Gasteiger partial charge >= 0.3 is 5.97 Å². The van der Waals surface area contributed by atoms with E-state index in [0.29, 0.717) is 5.56 Å². The summed E-state index contributed by atoms with van der Waals surface area (Å²) in [7, 11) is 1.92. The molecule has 120 valence electrons. The van der Waals surface area contributed by atoms with Crippen LogP contribution in [0.15, 0.2) is 36.4 Å².